The molecular formula is C25H45F3O4SSi. The largest absolute Gasteiger partial charge is 0.534 e. The van der Waals surface area contributed by atoms with E-state index in [9.17, 15) is 21.6 Å². The molecule has 2 rings (SSSR count). The lowest BCUT2D eigenvalue weighted by atomic mass is 9.63. The second kappa shape index (κ2) is 10.8. The Hall–Kier alpha value is -0.543. The highest BCUT2D eigenvalue weighted by molar-refractivity contribution is 7.87. The van der Waals surface area contributed by atoms with E-state index in [1.807, 2.05) is 0 Å². The zero-order chi connectivity index (χ0) is 26.0. The zero-order valence-electron chi connectivity index (χ0n) is 22.1. The van der Waals surface area contributed by atoms with Crippen LogP contribution in [0.15, 0.2) is 11.8 Å². The molecule has 34 heavy (non-hydrogen) atoms. The smallest absolute Gasteiger partial charge is 0.412 e. The van der Waals surface area contributed by atoms with Gasteiger partial charge in [-0.25, -0.2) is 0 Å². The predicted molar refractivity (Wildman–Crippen MR) is 133 cm³/mol. The minimum absolute atomic E-state index is 0.00435. The van der Waals surface area contributed by atoms with Gasteiger partial charge in [0.15, 0.2) is 8.32 Å². The normalized spacial score (nSPS) is 27.3. The average Bonchev–Trinajstić information content (AvgIpc) is 3.09. The molecule has 0 bridgehead atoms. The van der Waals surface area contributed by atoms with Crippen molar-refractivity contribution in [2.24, 2.45) is 23.2 Å². The molecule has 0 amide bonds. The summed E-state index contributed by atoms with van der Waals surface area (Å²) in [6.07, 6.45) is 7.53. The molecule has 0 radical (unpaired) electrons. The van der Waals surface area contributed by atoms with Gasteiger partial charge in [0.1, 0.15) is 5.76 Å². The Kier molecular flexibility index (Phi) is 9.46. The fraction of sp³-hybridized carbons (Fsp3) is 0.920. The van der Waals surface area contributed by atoms with Crippen molar-refractivity contribution >= 4 is 18.4 Å². The lowest BCUT2D eigenvalue weighted by Gasteiger charge is -2.43. The Morgan fingerprint density at radius 3 is 2.26 bits per heavy atom. The lowest BCUT2D eigenvalue weighted by Crippen LogP contribution is -2.44. The van der Waals surface area contributed by atoms with Gasteiger partial charge in [-0.15, -0.1) is 0 Å². The van der Waals surface area contributed by atoms with E-state index in [1.54, 1.807) is 6.08 Å². The van der Waals surface area contributed by atoms with E-state index in [0.29, 0.717) is 24.7 Å². The molecule has 4 nitrogen and oxygen atoms in total. The van der Waals surface area contributed by atoms with Gasteiger partial charge in [-0.2, -0.15) is 21.6 Å². The third-order valence-corrected chi connectivity index (χ3v) is 14.7. The summed E-state index contributed by atoms with van der Waals surface area (Å²) in [7, 11) is -7.31. The summed E-state index contributed by atoms with van der Waals surface area (Å²) in [5.41, 5.74) is -5.81. The van der Waals surface area contributed by atoms with Gasteiger partial charge in [-0.05, 0) is 87.4 Å². The van der Waals surface area contributed by atoms with Crippen LogP contribution in [0, 0.1) is 23.2 Å². The van der Waals surface area contributed by atoms with Gasteiger partial charge in [0, 0.05) is 5.92 Å². The first-order valence-electron chi connectivity index (χ1n) is 13.0. The first kappa shape index (κ1) is 29.7. The van der Waals surface area contributed by atoms with E-state index in [4.69, 9.17) is 4.43 Å². The Morgan fingerprint density at radius 1 is 1.15 bits per heavy atom. The highest BCUT2D eigenvalue weighted by atomic mass is 32.2. The van der Waals surface area contributed by atoms with Crippen molar-refractivity contribution in [2.75, 3.05) is 0 Å². The Bertz CT molecular complexity index is 812. The molecule has 1 fully saturated rings. The summed E-state index contributed by atoms with van der Waals surface area (Å²) in [4.78, 5) is 0. The molecule has 0 spiro atoms. The van der Waals surface area contributed by atoms with Crippen molar-refractivity contribution in [2.45, 2.75) is 123 Å². The molecule has 0 N–H and O–H groups in total. The molecule has 4 atom stereocenters. The summed E-state index contributed by atoms with van der Waals surface area (Å²) < 4.78 is 73.3. The van der Waals surface area contributed by atoms with Crippen molar-refractivity contribution < 1.29 is 30.2 Å². The van der Waals surface area contributed by atoms with Gasteiger partial charge in [-0.1, -0.05) is 47.5 Å². The van der Waals surface area contributed by atoms with E-state index in [0.717, 1.165) is 50.2 Å². The van der Waals surface area contributed by atoms with Crippen molar-refractivity contribution in [3.05, 3.63) is 11.8 Å². The molecule has 1 saturated carbocycles. The monoisotopic (exact) mass is 526 g/mol. The van der Waals surface area contributed by atoms with Crippen molar-refractivity contribution in [1.82, 2.24) is 0 Å². The van der Waals surface area contributed by atoms with Crippen molar-refractivity contribution in [3.63, 3.8) is 0 Å². The number of allylic oxidation sites excluding steroid dienone is 2. The van der Waals surface area contributed by atoms with Crippen molar-refractivity contribution in [3.8, 4) is 0 Å². The zero-order valence-corrected chi connectivity index (χ0v) is 23.9. The van der Waals surface area contributed by atoms with Crippen LogP contribution >= 0.6 is 0 Å². The topological polar surface area (TPSA) is 52.6 Å². The van der Waals surface area contributed by atoms with Crippen LogP contribution in [0.4, 0.5) is 13.2 Å². The maximum atomic E-state index is 12.9. The SMILES string of the molecule is CC[Si](CC)(CC)OC(C)(C)CCC[C@@H](C)[C@H]1CC[C@H]2C(OS(=O)(=O)C(F)(F)F)=CCC[C@]12C. The molecule has 200 valence electrons. The van der Waals surface area contributed by atoms with Crippen LogP contribution in [0.1, 0.15) is 93.4 Å². The highest BCUT2D eigenvalue weighted by Gasteiger charge is 2.55. The predicted octanol–water partition coefficient (Wildman–Crippen LogP) is 8.17. The second-order valence-electron chi connectivity index (χ2n) is 11.3. The number of rotatable bonds is 12. The Labute approximate surface area is 206 Å². The molecule has 0 heterocycles. The molecule has 2 aliphatic rings. The van der Waals surface area contributed by atoms with E-state index in [1.165, 1.54) is 0 Å². The third kappa shape index (κ3) is 6.41. The van der Waals surface area contributed by atoms with Gasteiger partial charge in [0.05, 0.1) is 5.60 Å². The first-order valence-corrected chi connectivity index (χ1v) is 16.9. The maximum Gasteiger partial charge on any atom is 0.534 e. The van der Waals surface area contributed by atoms with Crippen LogP contribution in [-0.2, 0) is 18.7 Å². The molecule has 0 unspecified atom stereocenters. The lowest BCUT2D eigenvalue weighted by molar-refractivity contribution is -0.0536. The standard InChI is InChI=1S/C25H45F3O4SSi/c1-8-34(9-2,10-3)32-23(5,6)17-11-13-19(4)20-15-16-21-22(14-12-18-24(20,21)7)31-33(29,30)25(26,27)28/h14,19-21H,8-13,15-18H2,1-7H3/t19-,20-,21+,24-/m1/s1. The quantitative estimate of drug-likeness (QED) is 0.146. The molecule has 9 heteroatoms. The summed E-state index contributed by atoms with van der Waals surface area (Å²) in [6.45, 7) is 15.5. The second-order valence-corrected chi connectivity index (χ2v) is 17.6. The van der Waals surface area contributed by atoms with Gasteiger partial charge in [0.2, 0.25) is 0 Å². The highest BCUT2D eigenvalue weighted by Crippen LogP contribution is 2.59. The number of halogens is 3. The van der Waals surface area contributed by atoms with E-state index < -0.39 is 23.9 Å². The fourth-order valence-corrected chi connectivity index (χ4v) is 10.4. The summed E-state index contributed by atoms with van der Waals surface area (Å²) in [5, 5.41) is 0. The Morgan fingerprint density at radius 2 is 1.74 bits per heavy atom. The average molecular weight is 527 g/mol. The van der Waals surface area contributed by atoms with E-state index >= 15 is 0 Å². The van der Waals surface area contributed by atoms with Gasteiger partial charge in [-0.3, -0.25) is 0 Å². The van der Waals surface area contributed by atoms with Gasteiger partial charge < -0.3 is 8.61 Å². The minimum atomic E-state index is -5.63. The number of hydrogen-bond donors (Lipinski definition) is 0. The van der Waals surface area contributed by atoms with E-state index in [-0.39, 0.29) is 22.7 Å². The van der Waals surface area contributed by atoms with Gasteiger partial charge in [0.25, 0.3) is 0 Å². The first-order chi connectivity index (χ1) is 15.6. The maximum absolute atomic E-state index is 12.9. The number of fused-ring (bicyclic) bond motifs is 1. The number of alkyl halides is 3. The molecule has 0 aliphatic heterocycles. The van der Waals surface area contributed by atoms with Crippen LogP contribution in [0.5, 0.6) is 0 Å². The third-order valence-electron chi connectivity index (χ3n) is 8.82. The minimum Gasteiger partial charge on any atom is -0.412 e. The van der Waals surface area contributed by atoms with Crippen molar-refractivity contribution in [1.29, 1.82) is 0 Å². The van der Waals surface area contributed by atoms with Crippen LogP contribution in [-0.4, -0.2) is 27.8 Å². The number of hydrogen-bond acceptors (Lipinski definition) is 4. The van der Waals surface area contributed by atoms with Gasteiger partial charge >= 0.3 is 15.6 Å². The fourth-order valence-electron chi connectivity index (χ4n) is 6.61. The molecule has 0 aromatic heterocycles. The molecule has 0 aromatic carbocycles. The van der Waals surface area contributed by atoms with Crippen LogP contribution in [0.25, 0.3) is 0 Å². The summed E-state index contributed by atoms with van der Waals surface area (Å²) >= 11 is 0. The van der Waals surface area contributed by atoms with E-state index in [2.05, 4.69) is 52.6 Å². The molecule has 2 aliphatic carbocycles. The molecular weight excluding hydrogens is 481 g/mol. The molecule has 0 aromatic rings. The van der Waals surface area contributed by atoms with Crippen LogP contribution in [0.3, 0.4) is 0 Å². The van der Waals surface area contributed by atoms with Crippen LogP contribution < -0.4 is 0 Å². The molecule has 0 saturated heterocycles. The Balaban J connectivity index is 2.01. The van der Waals surface area contributed by atoms with Crippen LogP contribution in [0.2, 0.25) is 18.1 Å². The summed E-state index contributed by atoms with van der Waals surface area (Å²) in [6, 6.07) is 3.39. The summed E-state index contributed by atoms with van der Waals surface area (Å²) in [5.74, 6) is 0.443.